The average molecular weight is 318 g/mol. The van der Waals surface area contributed by atoms with Gasteiger partial charge in [-0.3, -0.25) is 0 Å². The normalized spacial score (nSPS) is 20.1. The number of nitrogens with one attached hydrogen (secondary N) is 2. The molecule has 114 valence electrons. The molecule has 0 radical (unpaired) electrons. The molecule has 0 aromatic carbocycles. The Morgan fingerprint density at radius 1 is 1.45 bits per heavy atom. The number of ether oxygens (including phenoxy) is 1. The summed E-state index contributed by atoms with van der Waals surface area (Å²) in [6.45, 7) is 4.50. The van der Waals surface area contributed by atoms with Crippen LogP contribution in [-0.2, 0) is 21.3 Å². The zero-order chi connectivity index (χ0) is 14.4. The van der Waals surface area contributed by atoms with Crippen LogP contribution in [0.5, 0.6) is 0 Å². The van der Waals surface area contributed by atoms with Crippen LogP contribution >= 0.6 is 11.3 Å². The van der Waals surface area contributed by atoms with Crippen molar-refractivity contribution in [1.82, 2.24) is 10.0 Å². The SMILES string of the molecule is CCNCc1sccc1S(=O)(=O)NCC1CCCCO1. The highest BCUT2D eigenvalue weighted by molar-refractivity contribution is 7.89. The molecule has 2 rings (SSSR count). The first kappa shape index (κ1) is 15.9. The highest BCUT2D eigenvalue weighted by atomic mass is 32.2. The van der Waals surface area contributed by atoms with Crippen molar-refractivity contribution >= 4 is 21.4 Å². The van der Waals surface area contributed by atoms with Crippen LogP contribution in [0.4, 0.5) is 0 Å². The summed E-state index contributed by atoms with van der Waals surface area (Å²) in [5.74, 6) is 0. The molecule has 0 spiro atoms. The molecule has 5 nitrogen and oxygen atoms in total. The predicted molar refractivity (Wildman–Crippen MR) is 80.5 cm³/mol. The summed E-state index contributed by atoms with van der Waals surface area (Å²) < 4.78 is 32.9. The summed E-state index contributed by atoms with van der Waals surface area (Å²) in [6, 6.07) is 1.67. The molecule has 0 bridgehead atoms. The highest BCUT2D eigenvalue weighted by Gasteiger charge is 2.22. The lowest BCUT2D eigenvalue weighted by Gasteiger charge is -2.22. The first-order valence-corrected chi connectivity index (χ1v) is 9.38. The quantitative estimate of drug-likeness (QED) is 0.803. The summed E-state index contributed by atoms with van der Waals surface area (Å²) >= 11 is 1.46. The second-order valence-electron chi connectivity index (χ2n) is 4.83. The molecule has 1 saturated heterocycles. The second kappa shape index (κ2) is 7.51. The van der Waals surface area contributed by atoms with Gasteiger partial charge in [0.25, 0.3) is 0 Å². The van der Waals surface area contributed by atoms with Crippen LogP contribution in [0.2, 0.25) is 0 Å². The topological polar surface area (TPSA) is 67.4 Å². The van der Waals surface area contributed by atoms with Crippen LogP contribution in [0.1, 0.15) is 31.1 Å². The van der Waals surface area contributed by atoms with Gasteiger partial charge in [0.1, 0.15) is 0 Å². The van der Waals surface area contributed by atoms with Crippen molar-refractivity contribution < 1.29 is 13.2 Å². The zero-order valence-corrected chi connectivity index (χ0v) is 13.4. The van der Waals surface area contributed by atoms with Gasteiger partial charge < -0.3 is 10.1 Å². The lowest BCUT2D eigenvalue weighted by atomic mass is 10.1. The molecule has 2 N–H and O–H groups in total. The van der Waals surface area contributed by atoms with Crippen LogP contribution in [0.15, 0.2) is 16.3 Å². The molecule has 1 aromatic heterocycles. The predicted octanol–water partition coefficient (Wildman–Crippen LogP) is 1.70. The third-order valence-electron chi connectivity index (χ3n) is 3.30. The summed E-state index contributed by atoms with van der Waals surface area (Å²) in [4.78, 5) is 1.24. The van der Waals surface area contributed by atoms with Crippen molar-refractivity contribution in [3.8, 4) is 0 Å². The molecule has 1 aliphatic heterocycles. The first-order chi connectivity index (χ1) is 9.63. The fraction of sp³-hybridized carbons (Fsp3) is 0.692. The molecule has 1 fully saturated rings. The maximum Gasteiger partial charge on any atom is 0.241 e. The molecular formula is C13H22N2O3S2. The molecule has 7 heteroatoms. The van der Waals surface area contributed by atoms with E-state index in [-0.39, 0.29) is 6.10 Å². The van der Waals surface area contributed by atoms with Gasteiger partial charge in [-0.1, -0.05) is 6.92 Å². The van der Waals surface area contributed by atoms with Gasteiger partial charge in [-0.2, -0.15) is 0 Å². The van der Waals surface area contributed by atoms with Gasteiger partial charge in [-0.05, 0) is 37.3 Å². The third-order valence-corrected chi connectivity index (χ3v) is 5.86. The van der Waals surface area contributed by atoms with Crippen LogP contribution in [0, 0.1) is 0 Å². The van der Waals surface area contributed by atoms with E-state index in [0.717, 1.165) is 37.3 Å². The van der Waals surface area contributed by atoms with Crippen molar-refractivity contribution in [2.75, 3.05) is 19.7 Å². The van der Waals surface area contributed by atoms with E-state index < -0.39 is 10.0 Å². The number of thiophene rings is 1. The number of hydrogen-bond acceptors (Lipinski definition) is 5. The maximum absolute atomic E-state index is 12.3. The number of hydrogen-bond donors (Lipinski definition) is 2. The fourth-order valence-corrected chi connectivity index (χ4v) is 4.66. The first-order valence-electron chi connectivity index (χ1n) is 7.02. The minimum absolute atomic E-state index is 0.00868. The Kier molecular flexibility index (Phi) is 5.98. The third kappa shape index (κ3) is 4.26. The lowest BCUT2D eigenvalue weighted by Crippen LogP contribution is -2.35. The van der Waals surface area contributed by atoms with E-state index in [4.69, 9.17) is 4.74 Å². The van der Waals surface area contributed by atoms with Gasteiger partial charge in [0, 0.05) is 24.6 Å². The van der Waals surface area contributed by atoms with Crippen LogP contribution in [-0.4, -0.2) is 34.2 Å². The smallest absolute Gasteiger partial charge is 0.241 e. The molecular weight excluding hydrogens is 296 g/mol. The Hall–Kier alpha value is -0.470. The lowest BCUT2D eigenvalue weighted by molar-refractivity contribution is 0.0200. The molecule has 0 aliphatic carbocycles. The molecule has 1 unspecified atom stereocenters. The van der Waals surface area contributed by atoms with Gasteiger partial charge in [-0.15, -0.1) is 11.3 Å². The molecule has 2 heterocycles. The molecule has 20 heavy (non-hydrogen) atoms. The maximum atomic E-state index is 12.3. The van der Waals surface area contributed by atoms with Crippen LogP contribution in [0.3, 0.4) is 0 Å². The Morgan fingerprint density at radius 3 is 3.00 bits per heavy atom. The van der Waals surface area contributed by atoms with E-state index in [1.807, 2.05) is 12.3 Å². The summed E-state index contributed by atoms with van der Waals surface area (Å²) in [5.41, 5.74) is 0. The monoisotopic (exact) mass is 318 g/mol. The summed E-state index contributed by atoms with van der Waals surface area (Å²) in [6.07, 6.45) is 3.11. The summed E-state index contributed by atoms with van der Waals surface area (Å²) in [5, 5.41) is 4.98. The van der Waals surface area contributed by atoms with Gasteiger partial charge in [-0.25, -0.2) is 13.1 Å². The zero-order valence-electron chi connectivity index (χ0n) is 11.7. The van der Waals surface area contributed by atoms with E-state index in [0.29, 0.717) is 18.0 Å². The van der Waals surface area contributed by atoms with Gasteiger partial charge >= 0.3 is 0 Å². The van der Waals surface area contributed by atoms with E-state index in [9.17, 15) is 8.42 Å². The Labute approximate surface area is 124 Å². The molecule has 0 amide bonds. The van der Waals surface area contributed by atoms with Crippen LogP contribution in [0.25, 0.3) is 0 Å². The van der Waals surface area contributed by atoms with Crippen molar-refractivity contribution in [3.05, 3.63) is 16.3 Å². The molecule has 1 aromatic rings. The van der Waals surface area contributed by atoms with Crippen molar-refractivity contribution in [3.63, 3.8) is 0 Å². The molecule has 0 saturated carbocycles. The van der Waals surface area contributed by atoms with Crippen molar-refractivity contribution in [1.29, 1.82) is 0 Å². The number of sulfonamides is 1. The number of rotatable bonds is 7. The standard InChI is InChI=1S/C13H22N2O3S2/c1-2-14-10-12-13(6-8-19-12)20(16,17)15-9-11-5-3-4-7-18-11/h6,8,11,14-15H,2-5,7,9-10H2,1H3. The molecule has 1 atom stereocenters. The highest BCUT2D eigenvalue weighted by Crippen LogP contribution is 2.22. The van der Waals surface area contributed by atoms with Gasteiger partial charge in [0.15, 0.2) is 0 Å². The van der Waals surface area contributed by atoms with E-state index >= 15 is 0 Å². The summed E-state index contributed by atoms with van der Waals surface area (Å²) in [7, 11) is -3.44. The largest absolute Gasteiger partial charge is 0.377 e. The van der Waals surface area contributed by atoms with E-state index in [1.165, 1.54) is 11.3 Å². The fourth-order valence-electron chi connectivity index (χ4n) is 2.18. The van der Waals surface area contributed by atoms with Crippen molar-refractivity contribution in [2.24, 2.45) is 0 Å². The minimum atomic E-state index is -3.44. The van der Waals surface area contributed by atoms with Crippen LogP contribution < -0.4 is 10.0 Å². The van der Waals surface area contributed by atoms with E-state index in [1.54, 1.807) is 6.07 Å². The minimum Gasteiger partial charge on any atom is -0.377 e. The van der Waals surface area contributed by atoms with E-state index in [2.05, 4.69) is 10.0 Å². The van der Waals surface area contributed by atoms with Gasteiger partial charge in [0.2, 0.25) is 10.0 Å². The second-order valence-corrected chi connectivity index (χ2v) is 7.56. The average Bonchev–Trinajstić information content (AvgIpc) is 2.93. The Balaban J connectivity index is 1.97. The molecule has 1 aliphatic rings. The van der Waals surface area contributed by atoms with Crippen molar-refractivity contribution in [2.45, 2.75) is 43.7 Å². The van der Waals surface area contributed by atoms with Gasteiger partial charge in [0.05, 0.1) is 11.0 Å². The Morgan fingerprint density at radius 2 is 2.30 bits per heavy atom. The Bertz CT molecular complexity index is 507.